The third-order valence-electron chi connectivity index (χ3n) is 7.72. The van der Waals surface area contributed by atoms with E-state index in [1.165, 1.54) is 26.9 Å². The molecule has 0 spiro atoms. The molecule has 8 bridgehead atoms. The molecule has 0 amide bonds. The Balaban J connectivity index is 0.000000133. The zero-order valence-electron chi connectivity index (χ0n) is 23.1. The summed E-state index contributed by atoms with van der Waals surface area (Å²) in [5.74, 6) is 0. The summed E-state index contributed by atoms with van der Waals surface area (Å²) >= 11 is 6.39. The van der Waals surface area contributed by atoms with Gasteiger partial charge in [-0.3, -0.25) is 0 Å². The van der Waals surface area contributed by atoms with Crippen LogP contribution >= 0.6 is 11.6 Å². The lowest BCUT2D eigenvalue weighted by Gasteiger charge is -2.07. The first kappa shape index (κ1) is 25.3. The Morgan fingerprint density at radius 3 is 1.42 bits per heavy atom. The minimum absolute atomic E-state index is 0.818. The monoisotopic (exact) mass is 572 g/mol. The Labute approximate surface area is 252 Å². The smallest absolute Gasteiger partial charge is 0.0658 e. The molecule has 4 aromatic carbocycles. The van der Waals surface area contributed by atoms with Crippen LogP contribution in [0.3, 0.4) is 0 Å². The average molecular weight is 573 g/mol. The Morgan fingerprint density at radius 2 is 0.884 bits per heavy atom. The van der Waals surface area contributed by atoms with Gasteiger partial charge in [-0.05, 0) is 118 Å². The number of nitrogens with one attached hydrogen (secondary N) is 2. The van der Waals surface area contributed by atoms with E-state index in [1.807, 2.05) is 60.7 Å². The largest absolute Gasteiger partial charge is 0.355 e. The fourth-order valence-electron chi connectivity index (χ4n) is 5.70. The van der Waals surface area contributed by atoms with Crippen LogP contribution in [0.1, 0.15) is 22.8 Å². The van der Waals surface area contributed by atoms with Gasteiger partial charge in [-0.25, -0.2) is 9.97 Å². The predicted octanol–water partition coefficient (Wildman–Crippen LogP) is 10.5. The van der Waals surface area contributed by atoms with Crippen molar-refractivity contribution in [1.29, 1.82) is 0 Å². The third kappa shape index (κ3) is 5.09. The van der Waals surface area contributed by atoms with Crippen LogP contribution in [0.4, 0.5) is 0 Å². The van der Waals surface area contributed by atoms with E-state index in [1.54, 1.807) is 0 Å². The van der Waals surface area contributed by atoms with Gasteiger partial charge in [0.1, 0.15) is 0 Å². The normalized spacial score (nSPS) is 12.1. The van der Waals surface area contributed by atoms with Gasteiger partial charge in [0.25, 0.3) is 0 Å². The molecule has 0 unspecified atom stereocenters. The molecule has 2 aliphatic rings. The number of H-pyrrole nitrogens is 2. The van der Waals surface area contributed by atoms with E-state index in [0.717, 1.165) is 55.3 Å². The zero-order chi connectivity index (χ0) is 28.8. The summed E-state index contributed by atoms with van der Waals surface area (Å²) in [6.07, 6.45) is 8.09. The van der Waals surface area contributed by atoms with Crippen molar-refractivity contribution in [1.82, 2.24) is 19.9 Å². The first-order valence-corrected chi connectivity index (χ1v) is 14.6. The molecule has 0 aliphatic carbocycles. The van der Waals surface area contributed by atoms with Crippen LogP contribution in [0, 0.1) is 0 Å². The average Bonchev–Trinajstić information content (AvgIpc) is 3.83. The van der Waals surface area contributed by atoms with Crippen LogP contribution < -0.4 is 0 Å². The summed E-state index contributed by atoms with van der Waals surface area (Å²) in [5, 5.41) is 8.13. The van der Waals surface area contributed by atoms with Crippen molar-refractivity contribution in [3.63, 3.8) is 0 Å². The number of nitrogens with zero attached hydrogens (tertiary/aromatic N) is 2. The molecule has 0 fully saturated rings. The highest BCUT2D eigenvalue weighted by Crippen LogP contribution is 2.33. The number of rotatable bonds is 0. The predicted molar refractivity (Wildman–Crippen MR) is 183 cm³/mol. The third-order valence-corrected chi connectivity index (χ3v) is 8.03. The summed E-state index contributed by atoms with van der Waals surface area (Å²) in [5.41, 5.74) is 7.86. The number of fused-ring (bicyclic) bond motifs is 12. The maximum absolute atomic E-state index is 6.39. The van der Waals surface area contributed by atoms with Crippen molar-refractivity contribution < 1.29 is 0 Å². The molecule has 2 N–H and O–H groups in total. The number of benzene rings is 4. The zero-order valence-corrected chi connectivity index (χ0v) is 23.8. The topological polar surface area (TPSA) is 57.4 Å². The number of aromatic amines is 2. The fourth-order valence-corrected chi connectivity index (χ4v) is 5.98. The van der Waals surface area contributed by atoms with Crippen molar-refractivity contribution in [3.8, 4) is 0 Å². The van der Waals surface area contributed by atoms with Gasteiger partial charge in [-0.15, -0.1) is 0 Å². The standard InChI is InChI=1S/C20H14N4.C18H11Cl/c1-2-14-10-16-5-6-18(23-16)12-20-8-7-19(24-20)11-17-4-3-15(22-17)9-13(1)21-14;19-17-7-3-6-12-8-9-15-10-13-4-1-2-5-14(13)11-16(15)18(12)17/h1-12,21,24H;1-11H. The molecule has 7 aromatic rings. The Hall–Kier alpha value is -5.45. The quantitative estimate of drug-likeness (QED) is 0.140. The maximum atomic E-state index is 6.39. The molecule has 0 saturated carbocycles. The van der Waals surface area contributed by atoms with Crippen LogP contribution in [0.25, 0.3) is 78.7 Å². The van der Waals surface area contributed by atoms with E-state index >= 15 is 0 Å². The van der Waals surface area contributed by atoms with Crippen LogP contribution in [-0.4, -0.2) is 19.9 Å². The number of hydrogen-bond acceptors (Lipinski definition) is 2. The second kappa shape index (κ2) is 10.4. The van der Waals surface area contributed by atoms with Crippen molar-refractivity contribution in [2.75, 3.05) is 0 Å². The molecular weight excluding hydrogens is 548 g/mol. The lowest BCUT2D eigenvalue weighted by molar-refractivity contribution is 1.31. The van der Waals surface area contributed by atoms with Crippen molar-refractivity contribution in [2.45, 2.75) is 0 Å². The molecular formula is C38H25ClN4. The molecule has 2 aliphatic heterocycles. The van der Waals surface area contributed by atoms with Crippen LogP contribution in [-0.2, 0) is 0 Å². The van der Waals surface area contributed by atoms with Gasteiger partial charge < -0.3 is 9.97 Å². The highest BCUT2D eigenvalue weighted by Gasteiger charge is 2.06. The number of hydrogen-bond donors (Lipinski definition) is 2. The van der Waals surface area contributed by atoms with E-state index in [0.29, 0.717) is 0 Å². The van der Waals surface area contributed by atoms with Crippen LogP contribution in [0.2, 0.25) is 5.02 Å². The molecule has 5 heterocycles. The van der Waals surface area contributed by atoms with Gasteiger partial charge in [0, 0.05) is 32.5 Å². The van der Waals surface area contributed by atoms with Gasteiger partial charge in [0.15, 0.2) is 0 Å². The van der Waals surface area contributed by atoms with Gasteiger partial charge in [-0.1, -0.05) is 60.1 Å². The number of aromatic nitrogens is 4. The minimum Gasteiger partial charge on any atom is -0.355 e. The lowest BCUT2D eigenvalue weighted by Crippen LogP contribution is -1.80. The van der Waals surface area contributed by atoms with Crippen molar-refractivity contribution >= 4 is 90.3 Å². The van der Waals surface area contributed by atoms with E-state index in [-0.39, 0.29) is 0 Å². The van der Waals surface area contributed by atoms with E-state index in [9.17, 15) is 0 Å². The lowest BCUT2D eigenvalue weighted by atomic mass is 9.98. The van der Waals surface area contributed by atoms with E-state index < -0.39 is 0 Å². The molecule has 4 nitrogen and oxygen atoms in total. The minimum atomic E-state index is 0.818. The molecule has 204 valence electrons. The maximum Gasteiger partial charge on any atom is 0.0658 e. The Morgan fingerprint density at radius 1 is 0.419 bits per heavy atom. The highest BCUT2D eigenvalue weighted by molar-refractivity contribution is 6.38. The van der Waals surface area contributed by atoms with Crippen molar-refractivity contribution in [2.24, 2.45) is 0 Å². The number of halogens is 1. The van der Waals surface area contributed by atoms with E-state index in [2.05, 4.69) is 98.8 Å². The molecule has 9 rings (SSSR count). The summed E-state index contributed by atoms with van der Waals surface area (Å²) in [6.45, 7) is 0. The first-order chi connectivity index (χ1) is 21.1. The SMILES string of the molecule is C1=Cc2cc3ccc(cc4nc(cc5ccc(cc1n2)[nH]5)C=C4)[nH]3.Clc1cccc2ccc3cc4ccccc4cc3c12. The summed E-state index contributed by atoms with van der Waals surface area (Å²) in [6, 6.07) is 39.6. The highest BCUT2D eigenvalue weighted by atomic mass is 35.5. The molecule has 0 atom stereocenters. The van der Waals surface area contributed by atoms with Gasteiger partial charge in [0.05, 0.1) is 22.8 Å². The summed E-state index contributed by atoms with van der Waals surface area (Å²) in [7, 11) is 0. The second-order valence-electron chi connectivity index (χ2n) is 10.7. The molecule has 3 aromatic heterocycles. The van der Waals surface area contributed by atoms with Gasteiger partial charge in [0.2, 0.25) is 0 Å². The fraction of sp³-hybridized carbons (Fsp3) is 0. The first-order valence-electron chi connectivity index (χ1n) is 14.2. The second-order valence-corrected chi connectivity index (χ2v) is 11.1. The molecule has 0 radical (unpaired) electrons. The molecule has 0 saturated heterocycles. The van der Waals surface area contributed by atoms with Crippen LogP contribution in [0.15, 0.2) is 115 Å². The van der Waals surface area contributed by atoms with Crippen molar-refractivity contribution in [3.05, 3.63) is 143 Å². The van der Waals surface area contributed by atoms with Gasteiger partial charge in [-0.2, -0.15) is 0 Å². The van der Waals surface area contributed by atoms with Crippen LogP contribution in [0.5, 0.6) is 0 Å². The molecule has 5 heteroatoms. The Kier molecular flexibility index (Phi) is 6.13. The Bertz CT molecular complexity index is 2250. The summed E-state index contributed by atoms with van der Waals surface area (Å²) in [4.78, 5) is 16.0. The summed E-state index contributed by atoms with van der Waals surface area (Å²) < 4.78 is 0. The van der Waals surface area contributed by atoms with Gasteiger partial charge >= 0.3 is 0 Å². The van der Waals surface area contributed by atoms with E-state index in [4.69, 9.17) is 11.6 Å². The molecule has 43 heavy (non-hydrogen) atoms.